The molecule has 0 amide bonds. The predicted molar refractivity (Wildman–Crippen MR) is 84.7 cm³/mol. The Morgan fingerprint density at radius 1 is 1.15 bits per heavy atom. The zero-order valence-electron chi connectivity index (χ0n) is 13.8. The van der Waals surface area contributed by atoms with Gasteiger partial charge in [-0.2, -0.15) is 5.26 Å². The number of rotatable bonds is 11. The zero-order valence-corrected chi connectivity index (χ0v) is 13.8. The van der Waals surface area contributed by atoms with Gasteiger partial charge in [0, 0.05) is 6.04 Å². The normalized spacial score (nSPS) is 18.2. The highest BCUT2D eigenvalue weighted by Gasteiger charge is 2.34. The van der Waals surface area contributed by atoms with Gasteiger partial charge in [0.25, 0.3) is 0 Å². The lowest BCUT2D eigenvalue weighted by Crippen LogP contribution is -2.45. The maximum atomic E-state index is 9.49. The minimum atomic E-state index is -0.286. The summed E-state index contributed by atoms with van der Waals surface area (Å²) in [7, 11) is 6.42. The Morgan fingerprint density at radius 2 is 1.80 bits per heavy atom. The van der Waals surface area contributed by atoms with Crippen LogP contribution in [0.15, 0.2) is 0 Å². The minimum Gasteiger partial charge on any atom is -0.309 e. The summed E-state index contributed by atoms with van der Waals surface area (Å²) in [6, 6.07) is 3.14. The average molecular weight is 280 g/mol. The molecule has 0 saturated heterocycles. The van der Waals surface area contributed by atoms with Crippen LogP contribution in [0.25, 0.3) is 0 Å². The highest BCUT2D eigenvalue weighted by molar-refractivity contribution is 5.09. The van der Waals surface area contributed by atoms with Crippen molar-refractivity contribution < 1.29 is 0 Å². The Labute approximate surface area is 125 Å². The maximum absolute atomic E-state index is 9.49. The quantitative estimate of drug-likeness (QED) is 0.629. The van der Waals surface area contributed by atoms with Crippen LogP contribution >= 0.6 is 0 Å². The van der Waals surface area contributed by atoms with Crippen molar-refractivity contribution in [3.63, 3.8) is 0 Å². The molecule has 20 heavy (non-hydrogen) atoms. The van der Waals surface area contributed by atoms with Crippen molar-refractivity contribution in [3.05, 3.63) is 0 Å². The lowest BCUT2D eigenvalue weighted by atomic mass is 9.91. The molecule has 1 aliphatic rings. The van der Waals surface area contributed by atoms with E-state index in [-0.39, 0.29) is 5.54 Å². The van der Waals surface area contributed by atoms with Crippen molar-refractivity contribution >= 4 is 0 Å². The van der Waals surface area contributed by atoms with E-state index in [2.05, 4.69) is 49.3 Å². The molecule has 4 nitrogen and oxygen atoms in total. The van der Waals surface area contributed by atoms with Crippen LogP contribution in [0.5, 0.6) is 0 Å². The molecule has 1 fully saturated rings. The van der Waals surface area contributed by atoms with Crippen LogP contribution in [0.2, 0.25) is 0 Å². The van der Waals surface area contributed by atoms with Crippen molar-refractivity contribution in [1.29, 1.82) is 5.26 Å². The summed E-state index contributed by atoms with van der Waals surface area (Å²) >= 11 is 0. The number of hydrogen-bond acceptors (Lipinski definition) is 4. The predicted octanol–water partition coefficient (Wildman–Crippen LogP) is 2.07. The first-order chi connectivity index (χ1) is 9.51. The van der Waals surface area contributed by atoms with E-state index >= 15 is 0 Å². The summed E-state index contributed by atoms with van der Waals surface area (Å²) in [5.74, 6) is 0. The number of hydrogen-bond donors (Lipinski definition) is 1. The Balaban J connectivity index is 2.20. The second-order valence-electron chi connectivity index (χ2n) is 6.53. The number of nitrogens with one attached hydrogen (secondary N) is 1. The first-order valence-corrected chi connectivity index (χ1v) is 8.03. The summed E-state index contributed by atoms with van der Waals surface area (Å²) in [5.41, 5.74) is -0.286. The highest BCUT2D eigenvalue weighted by atomic mass is 15.1. The van der Waals surface area contributed by atoms with E-state index in [4.69, 9.17) is 0 Å². The van der Waals surface area contributed by atoms with Crippen LogP contribution in [-0.4, -0.2) is 62.2 Å². The molecule has 0 aromatic carbocycles. The van der Waals surface area contributed by atoms with Crippen molar-refractivity contribution in [2.75, 3.05) is 40.8 Å². The lowest BCUT2D eigenvalue weighted by Gasteiger charge is -2.28. The largest absolute Gasteiger partial charge is 0.309 e. The van der Waals surface area contributed by atoms with Gasteiger partial charge in [-0.05, 0) is 79.3 Å². The molecule has 1 atom stereocenters. The third-order valence-electron chi connectivity index (χ3n) is 4.16. The van der Waals surface area contributed by atoms with Gasteiger partial charge in [-0.25, -0.2) is 0 Å². The van der Waals surface area contributed by atoms with E-state index in [0.29, 0.717) is 6.04 Å². The van der Waals surface area contributed by atoms with E-state index in [0.717, 1.165) is 38.9 Å². The van der Waals surface area contributed by atoms with Gasteiger partial charge in [-0.1, -0.05) is 6.92 Å². The second-order valence-corrected chi connectivity index (χ2v) is 6.53. The SMILES string of the molecule is CCC(C#N)(CCCN(C)CCCN(C)C)NC1CC1. The molecule has 0 bridgehead atoms. The lowest BCUT2D eigenvalue weighted by molar-refractivity contribution is 0.276. The van der Waals surface area contributed by atoms with Gasteiger partial charge in [0.1, 0.15) is 5.54 Å². The monoisotopic (exact) mass is 280 g/mol. The molecule has 0 aliphatic heterocycles. The van der Waals surface area contributed by atoms with Gasteiger partial charge < -0.3 is 9.80 Å². The van der Waals surface area contributed by atoms with Crippen molar-refractivity contribution in [3.8, 4) is 6.07 Å². The Bertz CT molecular complexity index is 306. The Hall–Kier alpha value is -0.630. The van der Waals surface area contributed by atoms with Gasteiger partial charge in [0.2, 0.25) is 0 Å². The molecule has 0 aromatic heterocycles. The molecule has 1 saturated carbocycles. The van der Waals surface area contributed by atoms with E-state index in [1.54, 1.807) is 0 Å². The van der Waals surface area contributed by atoms with Crippen LogP contribution in [-0.2, 0) is 0 Å². The number of nitriles is 1. The summed E-state index contributed by atoms with van der Waals surface area (Å²) in [6.45, 7) is 5.49. The molecular weight excluding hydrogens is 248 g/mol. The zero-order chi connectivity index (χ0) is 15.0. The third-order valence-corrected chi connectivity index (χ3v) is 4.16. The summed E-state index contributed by atoms with van der Waals surface area (Å²) in [5, 5.41) is 13.0. The van der Waals surface area contributed by atoms with Crippen molar-refractivity contribution in [2.45, 2.75) is 57.0 Å². The molecule has 1 N–H and O–H groups in total. The molecule has 0 radical (unpaired) electrons. The van der Waals surface area contributed by atoms with Gasteiger partial charge in [0.05, 0.1) is 6.07 Å². The topological polar surface area (TPSA) is 42.3 Å². The average Bonchev–Trinajstić information content (AvgIpc) is 3.21. The van der Waals surface area contributed by atoms with E-state index in [1.807, 2.05) is 0 Å². The van der Waals surface area contributed by atoms with E-state index in [9.17, 15) is 5.26 Å². The fraction of sp³-hybridized carbons (Fsp3) is 0.938. The molecule has 0 spiro atoms. The molecule has 1 unspecified atom stereocenters. The summed E-state index contributed by atoms with van der Waals surface area (Å²) in [4.78, 5) is 4.61. The molecule has 1 aliphatic carbocycles. The van der Waals surface area contributed by atoms with Gasteiger partial charge >= 0.3 is 0 Å². The minimum absolute atomic E-state index is 0.286. The maximum Gasteiger partial charge on any atom is 0.106 e. The van der Waals surface area contributed by atoms with Gasteiger partial charge in [-0.3, -0.25) is 5.32 Å². The van der Waals surface area contributed by atoms with E-state index in [1.165, 1.54) is 19.3 Å². The van der Waals surface area contributed by atoms with Crippen molar-refractivity contribution in [2.24, 2.45) is 0 Å². The molecule has 0 aromatic rings. The molecule has 1 rings (SSSR count). The Morgan fingerprint density at radius 3 is 2.30 bits per heavy atom. The highest BCUT2D eigenvalue weighted by Crippen LogP contribution is 2.26. The smallest absolute Gasteiger partial charge is 0.106 e. The first-order valence-electron chi connectivity index (χ1n) is 8.03. The molecule has 4 heteroatoms. The molecular formula is C16H32N4. The second kappa shape index (κ2) is 8.61. The third kappa shape index (κ3) is 6.69. The Kier molecular flexibility index (Phi) is 7.50. The van der Waals surface area contributed by atoms with Crippen LogP contribution in [0.1, 0.15) is 45.4 Å². The molecule has 116 valence electrons. The van der Waals surface area contributed by atoms with Crippen molar-refractivity contribution in [1.82, 2.24) is 15.1 Å². The van der Waals surface area contributed by atoms with Crippen LogP contribution in [0, 0.1) is 11.3 Å². The van der Waals surface area contributed by atoms with Gasteiger partial charge in [0.15, 0.2) is 0 Å². The summed E-state index contributed by atoms with van der Waals surface area (Å²) in [6.07, 6.45) is 6.67. The summed E-state index contributed by atoms with van der Waals surface area (Å²) < 4.78 is 0. The standard InChI is InChI=1S/C16H32N4/c1-5-16(14-17,18-15-8-9-15)10-6-12-20(4)13-7-11-19(2)3/h15,18H,5-13H2,1-4H3. The fourth-order valence-corrected chi connectivity index (χ4v) is 2.56. The van der Waals surface area contributed by atoms with E-state index < -0.39 is 0 Å². The number of nitrogens with zero attached hydrogens (tertiary/aromatic N) is 3. The first kappa shape index (κ1) is 17.4. The fourth-order valence-electron chi connectivity index (χ4n) is 2.56. The van der Waals surface area contributed by atoms with Crippen LogP contribution in [0.4, 0.5) is 0 Å². The molecule has 0 heterocycles. The van der Waals surface area contributed by atoms with Crippen LogP contribution < -0.4 is 5.32 Å². The van der Waals surface area contributed by atoms with Gasteiger partial charge in [-0.15, -0.1) is 0 Å². The van der Waals surface area contributed by atoms with Crippen LogP contribution in [0.3, 0.4) is 0 Å².